The van der Waals surface area contributed by atoms with Crippen molar-refractivity contribution in [1.29, 1.82) is 0 Å². The SMILES string of the molecule is Cc1cc[nH]c1/C(=N/N)C1CC2(CC(NC(=O)OC(C)(C)C)C2)C1. The first-order valence-electron chi connectivity index (χ1n) is 8.63. The first kappa shape index (κ1) is 16.9. The maximum absolute atomic E-state index is 11.8. The average molecular weight is 332 g/mol. The summed E-state index contributed by atoms with van der Waals surface area (Å²) in [7, 11) is 0. The van der Waals surface area contributed by atoms with Crippen LogP contribution in [0.5, 0.6) is 0 Å². The number of hydrogen-bond donors (Lipinski definition) is 3. The number of aromatic amines is 1. The van der Waals surface area contributed by atoms with Crippen molar-refractivity contribution < 1.29 is 9.53 Å². The highest BCUT2D eigenvalue weighted by Crippen LogP contribution is 2.59. The molecule has 0 atom stereocenters. The number of ether oxygens (including phenoxy) is 1. The van der Waals surface area contributed by atoms with Crippen LogP contribution >= 0.6 is 0 Å². The number of H-pyrrole nitrogens is 1. The fourth-order valence-corrected chi connectivity index (χ4v) is 4.17. The third kappa shape index (κ3) is 3.28. The first-order valence-corrected chi connectivity index (χ1v) is 8.63. The zero-order valence-corrected chi connectivity index (χ0v) is 15.0. The largest absolute Gasteiger partial charge is 0.444 e. The van der Waals surface area contributed by atoms with Crippen LogP contribution in [0.15, 0.2) is 17.4 Å². The number of nitrogens with zero attached hydrogens (tertiary/aromatic N) is 1. The predicted octanol–water partition coefficient (Wildman–Crippen LogP) is 3.07. The van der Waals surface area contributed by atoms with E-state index in [9.17, 15) is 4.79 Å². The van der Waals surface area contributed by atoms with E-state index in [0.717, 1.165) is 37.1 Å². The van der Waals surface area contributed by atoms with Crippen molar-refractivity contribution in [3.05, 3.63) is 23.5 Å². The minimum absolute atomic E-state index is 0.228. The van der Waals surface area contributed by atoms with Gasteiger partial charge in [0, 0.05) is 18.2 Å². The summed E-state index contributed by atoms with van der Waals surface area (Å²) >= 11 is 0. The maximum atomic E-state index is 11.8. The number of hydrazone groups is 1. The van der Waals surface area contributed by atoms with E-state index in [4.69, 9.17) is 10.6 Å². The Hall–Kier alpha value is -1.98. The van der Waals surface area contributed by atoms with Crippen LogP contribution in [-0.4, -0.2) is 28.4 Å². The summed E-state index contributed by atoms with van der Waals surface area (Å²) in [4.78, 5) is 15.1. The molecule has 0 saturated heterocycles. The number of alkyl carbamates (subject to hydrolysis) is 1. The second-order valence-corrected chi connectivity index (χ2v) is 8.41. The van der Waals surface area contributed by atoms with Gasteiger partial charge in [0.15, 0.2) is 0 Å². The molecule has 4 N–H and O–H groups in total. The third-order valence-corrected chi connectivity index (χ3v) is 5.18. The molecule has 1 aromatic heterocycles. The Morgan fingerprint density at radius 3 is 2.54 bits per heavy atom. The van der Waals surface area contributed by atoms with E-state index in [1.165, 1.54) is 5.56 Å². The van der Waals surface area contributed by atoms with Gasteiger partial charge in [-0.3, -0.25) is 0 Å². The number of aryl methyl sites for hydroxylation is 1. The number of rotatable bonds is 3. The Morgan fingerprint density at radius 1 is 1.38 bits per heavy atom. The second kappa shape index (κ2) is 5.83. The quantitative estimate of drug-likeness (QED) is 0.451. The molecule has 3 rings (SSSR count). The molecule has 24 heavy (non-hydrogen) atoms. The van der Waals surface area contributed by atoms with Gasteiger partial charge in [-0.15, -0.1) is 0 Å². The highest BCUT2D eigenvalue weighted by atomic mass is 16.6. The molecule has 6 nitrogen and oxygen atoms in total. The number of hydrogen-bond acceptors (Lipinski definition) is 4. The molecule has 1 heterocycles. The molecule has 0 radical (unpaired) electrons. The summed E-state index contributed by atoms with van der Waals surface area (Å²) in [5.74, 6) is 6.05. The summed E-state index contributed by atoms with van der Waals surface area (Å²) in [5, 5.41) is 7.01. The average Bonchev–Trinajstić information content (AvgIpc) is 2.78. The van der Waals surface area contributed by atoms with E-state index in [0.29, 0.717) is 11.3 Å². The predicted molar refractivity (Wildman–Crippen MR) is 93.8 cm³/mol. The van der Waals surface area contributed by atoms with E-state index < -0.39 is 5.60 Å². The summed E-state index contributed by atoms with van der Waals surface area (Å²) in [6, 6.07) is 2.27. The van der Waals surface area contributed by atoms with Gasteiger partial charge in [-0.2, -0.15) is 5.10 Å². The summed E-state index contributed by atoms with van der Waals surface area (Å²) in [5.41, 5.74) is 3.11. The zero-order valence-electron chi connectivity index (χ0n) is 15.0. The molecule has 132 valence electrons. The van der Waals surface area contributed by atoms with Gasteiger partial charge in [0.2, 0.25) is 0 Å². The number of aromatic nitrogens is 1. The highest BCUT2D eigenvalue weighted by Gasteiger charge is 2.54. The van der Waals surface area contributed by atoms with E-state index in [1.54, 1.807) is 0 Å². The van der Waals surface area contributed by atoms with Gasteiger partial charge in [0.25, 0.3) is 0 Å². The molecule has 1 spiro atoms. The van der Waals surface area contributed by atoms with Crippen molar-refractivity contribution in [1.82, 2.24) is 10.3 Å². The molecule has 2 aliphatic rings. The van der Waals surface area contributed by atoms with Gasteiger partial charge in [0.1, 0.15) is 5.60 Å². The number of amides is 1. The maximum Gasteiger partial charge on any atom is 0.407 e. The normalized spacial score (nSPS) is 29.8. The molecule has 2 aliphatic carbocycles. The van der Waals surface area contributed by atoms with Gasteiger partial charge in [0.05, 0.1) is 11.4 Å². The lowest BCUT2D eigenvalue weighted by Gasteiger charge is -2.57. The molecule has 2 fully saturated rings. The van der Waals surface area contributed by atoms with Crippen LogP contribution in [0.4, 0.5) is 4.79 Å². The van der Waals surface area contributed by atoms with Crippen LogP contribution in [0.25, 0.3) is 0 Å². The second-order valence-electron chi connectivity index (χ2n) is 8.41. The van der Waals surface area contributed by atoms with Crippen LogP contribution < -0.4 is 11.2 Å². The lowest BCUT2D eigenvalue weighted by atomic mass is 9.49. The first-order chi connectivity index (χ1) is 11.2. The number of carbonyl (C=O) groups is 1. The molecule has 2 saturated carbocycles. The van der Waals surface area contributed by atoms with Crippen molar-refractivity contribution in [3.8, 4) is 0 Å². The Morgan fingerprint density at radius 2 is 2.04 bits per heavy atom. The van der Waals surface area contributed by atoms with Crippen LogP contribution in [-0.2, 0) is 4.74 Å². The monoisotopic (exact) mass is 332 g/mol. The molecule has 0 aromatic carbocycles. The summed E-state index contributed by atoms with van der Waals surface area (Å²) < 4.78 is 5.31. The van der Waals surface area contributed by atoms with E-state index in [2.05, 4.69) is 22.3 Å². The lowest BCUT2D eigenvalue weighted by molar-refractivity contribution is -0.0293. The topological polar surface area (TPSA) is 92.5 Å². The van der Waals surface area contributed by atoms with Gasteiger partial charge >= 0.3 is 6.09 Å². The summed E-state index contributed by atoms with van der Waals surface area (Å²) in [6.07, 6.45) is 5.83. The van der Waals surface area contributed by atoms with E-state index in [-0.39, 0.29) is 12.1 Å². The number of carbonyl (C=O) groups excluding carboxylic acids is 1. The Bertz CT molecular complexity index is 642. The van der Waals surface area contributed by atoms with Gasteiger partial charge < -0.3 is 20.9 Å². The molecule has 1 amide bonds. The summed E-state index contributed by atoms with van der Waals surface area (Å²) in [6.45, 7) is 7.69. The van der Waals surface area contributed by atoms with Crippen molar-refractivity contribution in [2.45, 2.75) is 65.0 Å². The molecular weight excluding hydrogens is 304 g/mol. The van der Waals surface area contributed by atoms with Crippen molar-refractivity contribution >= 4 is 11.8 Å². The van der Waals surface area contributed by atoms with Crippen LogP contribution in [0, 0.1) is 18.3 Å². The third-order valence-electron chi connectivity index (χ3n) is 5.18. The minimum Gasteiger partial charge on any atom is -0.444 e. The molecular formula is C18H28N4O2. The van der Waals surface area contributed by atoms with Crippen LogP contribution in [0.3, 0.4) is 0 Å². The van der Waals surface area contributed by atoms with Crippen molar-refractivity contribution in [2.75, 3.05) is 0 Å². The zero-order chi connectivity index (χ0) is 17.5. The fraction of sp³-hybridized carbons (Fsp3) is 0.667. The van der Waals surface area contributed by atoms with Crippen molar-refractivity contribution in [3.63, 3.8) is 0 Å². The Kier molecular flexibility index (Phi) is 4.10. The number of nitrogens with two attached hydrogens (primary N) is 1. The Labute approximate surface area is 143 Å². The number of nitrogens with one attached hydrogen (secondary N) is 2. The Balaban J connectivity index is 1.48. The van der Waals surface area contributed by atoms with E-state index in [1.807, 2.05) is 33.0 Å². The van der Waals surface area contributed by atoms with E-state index >= 15 is 0 Å². The van der Waals surface area contributed by atoms with Gasteiger partial charge in [-0.05, 0) is 70.4 Å². The standard InChI is InChI=1S/C18H28N4O2/c1-11-5-6-20-14(11)15(22-19)12-7-18(8-12)9-13(10-18)21-16(23)24-17(2,3)4/h5-6,12-13,20H,7-10,19H2,1-4H3,(H,21,23)/b22-15+. The molecule has 0 bridgehead atoms. The smallest absolute Gasteiger partial charge is 0.407 e. The molecule has 0 aliphatic heterocycles. The van der Waals surface area contributed by atoms with Crippen molar-refractivity contribution in [2.24, 2.45) is 22.3 Å². The molecule has 1 aromatic rings. The highest BCUT2D eigenvalue weighted by molar-refractivity contribution is 6.02. The molecule has 0 unspecified atom stereocenters. The molecule has 6 heteroatoms. The minimum atomic E-state index is -0.451. The van der Waals surface area contributed by atoms with Gasteiger partial charge in [-0.25, -0.2) is 4.79 Å². The van der Waals surface area contributed by atoms with Crippen LogP contribution in [0.1, 0.15) is 57.7 Å². The lowest BCUT2D eigenvalue weighted by Crippen LogP contribution is -2.57. The fourth-order valence-electron chi connectivity index (χ4n) is 4.17. The van der Waals surface area contributed by atoms with Crippen LogP contribution in [0.2, 0.25) is 0 Å². The van der Waals surface area contributed by atoms with Gasteiger partial charge in [-0.1, -0.05) is 0 Å².